The second kappa shape index (κ2) is 8.68. The van der Waals surface area contributed by atoms with E-state index in [0.29, 0.717) is 48.9 Å². The monoisotopic (exact) mass is 385 g/mol. The van der Waals surface area contributed by atoms with Gasteiger partial charge >= 0.3 is 0 Å². The molecule has 0 unspecified atom stereocenters. The zero-order chi connectivity index (χ0) is 19.2. The van der Waals surface area contributed by atoms with Crippen LogP contribution < -0.4 is 5.32 Å². The Kier molecular flexibility index (Phi) is 6.08. The molecule has 2 aromatic carbocycles. The number of carbonyl (C=O) groups excluding carboxylic acids is 3. The zero-order valence-corrected chi connectivity index (χ0v) is 15.5. The van der Waals surface area contributed by atoms with Gasteiger partial charge in [0.1, 0.15) is 0 Å². The number of amides is 3. The van der Waals surface area contributed by atoms with Crippen molar-refractivity contribution < 1.29 is 14.4 Å². The van der Waals surface area contributed by atoms with E-state index >= 15 is 0 Å². The molecular formula is C20H20ClN3O3. The minimum atomic E-state index is -0.245. The molecule has 0 radical (unpaired) electrons. The number of hydrogen-bond donors (Lipinski definition) is 1. The molecule has 0 bridgehead atoms. The van der Waals surface area contributed by atoms with Crippen molar-refractivity contribution >= 4 is 29.8 Å². The van der Waals surface area contributed by atoms with E-state index < -0.39 is 0 Å². The van der Waals surface area contributed by atoms with E-state index in [4.69, 9.17) is 11.6 Å². The molecule has 6 nitrogen and oxygen atoms in total. The first-order chi connectivity index (χ1) is 13.1. The Morgan fingerprint density at radius 2 is 1.67 bits per heavy atom. The van der Waals surface area contributed by atoms with E-state index in [2.05, 4.69) is 5.32 Å². The lowest BCUT2D eigenvalue weighted by Gasteiger charge is -2.32. The van der Waals surface area contributed by atoms with E-state index in [1.165, 1.54) is 0 Å². The first kappa shape index (κ1) is 18.9. The SMILES string of the molecule is O=CN1CCN(C(=O)c2cccc(C(=O)NCc3ccc(Cl)cc3)c2)CC1. The Morgan fingerprint density at radius 1 is 1.00 bits per heavy atom. The topological polar surface area (TPSA) is 69.7 Å². The summed E-state index contributed by atoms with van der Waals surface area (Å²) in [6, 6.07) is 13.9. The molecule has 0 aromatic heterocycles. The molecule has 3 amide bonds. The molecule has 1 heterocycles. The molecule has 1 saturated heterocycles. The van der Waals surface area contributed by atoms with E-state index in [0.717, 1.165) is 12.0 Å². The quantitative estimate of drug-likeness (QED) is 0.802. The maximum Gasteiger partial charge on any atom is 0.253 e. The second-order valence-corrected chi connectivity index (χ2v) is 6.76. The van der Waals surface area contributed by atoms with Gasteiger partial charge in [0.2, 0.25) is 6.41 Å². The Hall–Kier alpha value is -2.86. The summed E-state index contributed by atoms with van der Waals surface area (Å²) in [6.45, 7) is 2.41. The molecule has 7 heteroatoms. The number of halogens is 1. The highest BCUT2D eigenvalue weighted by Gasteiger charge is 2.21. The molecule has 1 aliphatic rings. The van der Waals surface area contributed by atoms with Crippen molar-refractivity contribution in [3.8, 4) is 0 Å². The highest BCUT2D eigenvalue weighted by atomic mass is 35.5. The zero-order valence-electron chi connectivity index (χ0n) is 14.7. The Labute approximate surface area is 162 Å². The second-order valence-electron chi connectivity index (χ2n) is 6.32. The van der Waals surface area contributed by atoms with Gasteiger partial charge in [-0.3, -0.25) is 14.4 Å². The first-order valence-corrected chi connectivity index (χ1v) is 9.06. The number of nitrogens with one attached hydrogen (secondary N) is 1. The van der Waals surface area contributed by atoms with Crippen molar-refractivity contribution in [2.24, 2.45) is 0 Å². The van der Waals surface area contributed by atoms with Crippen LogP contribution in [-0.2, 0) is 11.3 Å². The molecular weight excluding hydrogens is 366 g/mol. The number of benzene rings is 2. The molecule has 0 atom stereocenters. The molecule has 140 valence electrons. The lowest BCUT2D eigenvalue weighted by atomic mass is 10.1. The molecule has 1 N–H and O–H groups in total. The van der Waals surface area contributed by atoms with Gasteiger partial charge in [0.15, 0.2) is 0 Å². The fourth-order valence-electron chi connectivity index (χ4n) is 2.89. The molecule has 3 rings (SSSR count). The summed E-state index contributed by atoms with van der Waals surface area (Å²) < 4.78 is 0. The van der Waals surface area contributed by atoms with Crippen LogP contribution in [0.4, 0.5) is 0 Å². The molecule has 1 fully saturated rings. The normalized spacial score (nSPS) is 14.0. The van der Waals surface area contributed by atoms with Crippen molar-refractivity contribution in [1.29, 1.82) is 0 Å². The first-order valence-electron chi connectivity index (χ1n) is 8.68. The van der Waals surface area contributed by atoms with Gasteiger partial charge < -0.3 is 15.1 Å². The number of rotatable bonds is 5. The highest BCUT2D eigenvalue weighted by Crippen LogP contribution is 2.12. The average molecular weight is 386 g/mol. The number of nitrogens with zero attached hydrogens (tertiary/aromatic N) is 2. The maximum atomic E-state index is 12.7. The predicted molar refractivity (Wildman–Crippen MR) is 103 cm³/mol. The van der Waals surface area contributed by atoms with Crippen molar-refractivity contribution in [2.45, 2.75) is 6.54 Å². The Bertz CT molecular complexity index is 831. The molecule has 2 aromatic rings. The largest absolute Gasteiger partial charge is 0.348 e. The van der Waals surface area contributed by atoms with Gasteiger partial charge in [-0.1, -0.05) is 29.8 Å². The highest BCUT2D eigenvalue weighted by molar-refractivity contribution is 6.30. The maximum absolute atomic E-state index is 12.7. The van der Waals surface area contributed by atoms with Crippen LogP contribution in [0.3, 0.4) is 0 Å². The fourth-order valence-corrected chi connectivity index (χ4v) is 3.02. The van der Waals surface area contributed by atoms with Crippen LogP contribution in [0.2, 0.25) is 5.02 Å². The van der Waals surface area contributed by atoms with Crippen LogP contribution in [0.25, 0.3) is 0 Å². The summed E-state index contributed by atoms with van der Waals surface area (Å²) >= 11 is 5.85. The van der Waals surface area contributed by atoms with Gasteiger partial charge in [-0.2, -0.15) is 0 Å². The van der Waals surface area contributed by atoms with E-state index in [-0.39, 0.29) is 11.8 Å². The third kappa shape index (κ3) is 4.86. The summed E-state index contributed by atoms with van der Waals surface area (Å²) in [6.07, 6.45) is 0.799. The summed E-state index contributed by atoms with van der Waals surface area (Å²) in [5, 5.41) is 3.49. The van der Waals surface area contributed by atoms with Crippen molar-refractivity contribution in [1.82, 2.24) is 15.1 Å². The fraction of sp³-hybridized carbons (Fsp3) is 0.250. The van der Waals surface area contributed by atoms with Gasteiger partial charge in [0, 0.05) is 48.9 Å². The number of piperazine rings is 1. The van der Waals surface area contributed by atoms with E-state index in [1.807, 2.05) is 12.1 Å². The predicted octanol–water partition coefficient (Wildman–Crippen LogP) is 2.18. The van der Waals surface area contributed by atoms with Gasteiger partial charge in [0.05, 0.1) is 0 Å². The van der Waals surface area contributed by atoms with Gasteiger partial charge in [-0.05, 0) is 35.9 Å². The average Bonchev–Trinajstić information content (AvgIpc) is 2.72. The van der Waals surface area contributed by atoms with E-state index in [9.17, 15) is 14.4 Å². The van der Waals surface area contributed by atoms with Crippen LogP contribution in [0.1, 0.15) is 26.3 Å². The minimum Gasteiger partial charge on any atom is -0.348 e. The van der Waals surface area contributed by atoms with Crippen LogP contribution in [0.15, 0.2) is 48.5 Å². The van der Waals surface area contributed by atoms with Crippen LogP contribution >= 0.6 is 11.6 Å². The molecule has 27 heavy (non-hydrogen) atoms. The van der Waals surface area contributed by atoms with Gasteiger partial charge in [-0.15, -0.1) is 0 Å². The van der Waals surface area contributed by atoms with Crippen molar-refractivity contribution in [3.63, 3.8) is 0 Å². The molecule has 0 saturated carbocycles. The van der Waals surface area contributed by atoms with Crippen molar-refractivity contribution in [2.75, 3.05) is 26.2 Å². The van der Waals surface area contributed by atoms with Crippen LogP contribution in [0, 0.1) is 0 Å². The Balaban J connectivity index is 1.62. The van der Waals surface area contributed by atoms with E-state index in [1.54, 1.807) is 46.2 Å². The molecule has 0 aliphatic carbocycles. The number of hydrogen-bond acceptors (Lipinski definition) is 3. The molecule has 0 spiro atoms. The summed E-state index contributed by atoms with van der Waals surface area (Å²) in [4.78, 5) is 39.2. The summed E-state index contributed by atoms with van der Waals surface area (Å²) in [5.41, 5.74) is 1.84. The smallest absolute Gasteiger partial charge is 0.253 e. The summed E-state index contributed by atoms with van der Waals surface area (Å²) in [5.74, 6) is -0.377. The van der Waals surface area contributed by atoms with Crippen LogP contribution in [0.5, 0.6) is 0 Å². The third-order valence-electron chi connectivity index (χ3n) is 4.49. The van der Waals surface area contributed by atoms with Gasteiger partial charge in [-0.25, -0.2) is 0 Å². The Morgan fingerprint density at radius 3 is 2.33 bits per heavy atom. The summed E-state index contributed by atoms with van der Waals surface area (Å²) in [7, 11) is 0. The van der Waals surface area contributed by atoms with Crippen molar-refractivity contribution in [3.05, 3.63) is 70.2 Å². The minimum absolute atomic E-state index is 0.132. The molecule has 1 aliphatic heterocycles. The number of carbonyl (C=O) groups is 3. The van der Waals surface area contributed by atoms with Gasteiger partial charge in [0.25, 0.3) is 11.8 Å². The lowest BCUT2D eigenvalue weighted by molar-refractivity contribution is -0.119. The standard InChI is InChI=1S/C20H20ClN3O3/c21-18-6-4-15(5-7-18)13-22-19(26)16-2-1-3-17(12-16)20(27)24-10-8-23(14-25)9-11-24/h1-7,12,14H,8-11,13H2,(H,22,26). The third-order valence-corrected chi connectivity index (χ3v) is 4.74. The van der Waals surface area contributed by atoms with Crippen LogP contribution in [-0.4, -0.2) is 54.2 Å². The lowest BCUT2D eigenvalue weighted by Crippen LogP contribution is -2.48.